The van der Waals surface area contributed by atoms with E-state index in [4.69, 9.17) is 11.6 Å². The Kier molecular flexibility index (Phi) is 5.41. The molecule has 0 aliphatic carbocycles. The zero-order valence-corrected chi connectivity index (χ0v) is 14.8. The maximum Gasteiger partial charge on any atom is 0.276 e. The molecular formula is C17H19ClN4O2. The third-order valence-corrected chi connectivity index (χ3v) is 3.85. The van der Waals surface area contributed by atoms with Crippen LogP contribution in [0.25, 0.3) is 6.08 Å². The molecule has 0 saturated carbocycles. The highest BCUT2D eigenvalue weighted by Gasteiger charge is 2.22. The molecule has 2 rings (SSSR count). The molecule has 1 N–H and O–H groups in total. The van der Waals surface area contributed by atoms with E-state index in [1.54, 1.807) is 44.9 Å². The molecule has 6 nitrogen and oxygen atoms in total. The molecule has 24 heavy (non-hydrogen) atoms. The van der Waals surface area contributed by atoms with E-state index in [0.717, 1.165) is 5.56 Å². The van der Waals surface area contributed by atoms with Crippen LogP contribution in [0.15, 0.2) is 30.3 Å². The first-order valence-corrected chi connectivity index (χ1v) is 7.68. The monoisotopic (exact) mass is 346 g/mol. The van der Waals surface area contributed by atoms with E-state index in [1.807, 2.05) is 18.2 Å². The zero-order chi connectivity index (χ0) is 17.9. The van der Waals surface area contributed by atoms with Crippen LogP contribution < -0.4 is 5.32 Å². The lowest BCUT2D eigenvalue weighted by molar-refractivity contribution is -0.111. The molecule has 0 unspecified atom stereocenters. The fourth-order valence-electron chi connectivity index (χ4n) is 2.06. The number of benzene rings is 1. The third-order valence-electron chi connectivity index (χ3n) is 3.51. The maximum absolute atomic E-state index is 12.2. The molecule has 0 radical (unpaired) electrons. The third kappa shape index (κ3) is 3.83. The van der Waals surface area contributed by atoms with Crippen molar-refractivity contribution in [2.24, 2.45) is 7.05 Å². The second-order valence-electron chi connectivity index (χ2n) is 5.48. The predicted molar refractivity (Wildman–Crippen MR) is 95.1 cm³/mol. The van der Waals surface area contributed by atoms with Crippen molar-refractivity contribution >= 4 is 35.2 Å². The van der Waals surface area contributed by atoms with Gasteiger partial charge in [-0.3, -0.25) is 14.3 Å². The summed E-state index contributed by atoms with van der Waals surface area (Å²) >= 11 is 6.05. The van der Waals surface area contributed by atoms with Crippen molar-refractivity contribution in [3.8, 4) is 0 Å². The molecule has 0 atom stereocenters. The molecule has 126 valence electrons. The van der Waals surface area contributed by atoms with Gasteiger partial charge in [0.15, 0.2) is 5.69 Å². The lowest BCUT2D eigenvalue weighted by Gasteiger charge is -2.10. The molecule has 1 heterocycles. The minimum Gasteiger partial charge on any atom is -0.343 e. The van der Waals surface area contributed by atoms with E-state index in [1.165, 1.54) is 11.0 Å². The van der Waals surface area contributed by atoms with Crippen LogP contribution >= 0.6 is 11.6 Å². The number of halogens is 1. The van der Waals surface area contributed by atoms with Gasteiger partial charge in [-0.25, -0.2) is 0 Å². The standard InChI is InChI=1S/C17H19ClN4O2/c1-11-15(16(20-22(11)4)17(24)21(2)3)19-14(23)10-9-12-7-5-6-8-13(12)18/h5-10H,1-4H3,(H,19,23)/b10-9+. The van der Waals surface area contributed by atoms with Gasteiger partial charge in [-0.1, -0.05) is 29.8 Å². The Hall–Kier alpha value is -2.60. The summed E-state index contributed by atoms with van der Waals surface area (Å²) in [6.45, 7) is 1.78. The lowest BCUT2D eigenvalue weighted by Crippen LogP contribution is -2.24. The van der Waals surface area contributed by atoms with Crippen LogP contribution in [0.1, 0.15) is 21.7 Å². The molecule has 0 spiro atoms. The van der Waals surface area contributed by atoms with E-state index >= 15 is 0 Å². The molecule has 2 amide bonds. The van der Waals surface area contributed by atoms with Crippen molar-refractivity contribution in [1.29, 1.82) is 0 Å². The number of aryl methyl sites for hydroxylation is 1. The number of nitrogens with zero attached hydrogens (tertiary/aromatic N) is 3. The minimum atomic E-state index is -0.362. The number of anilines is 1. The molecule has 1 aromatic heterocycles. The maximum atomic E-state index is 12.2. The summed E-state index contributed by atoms with van der Waals surface area (Å²) in [7, 11) is 4.99. The summed E-state index contributed by atoms with van der Waals surface area (Å²) in [4.78, 5) is 25.8. The summed E-state index contributed by atoms with van der Waals surface area (Å²) in [6, 6.07) is 7.21. The number of amides is 2. The van der Waals surface area contributed by atoms with Crippen molar-refractivity contribution in [2.45, 2.75) is 6.92 Å². The lowest BCUT2D eigenvalue weighted by atomic mass is 10.2. The van der Waals surface area contributed by atoms with Gasteiger partial charge in [-0.2, -0.15) is 5.10 Å². The largest absolute Gasteiger partial charge is 0.343 e. The van der Waals surface area contributed by atoms with E-state index < -0.39 is 0 Å². The highest BCUT2D eigenvalue weighted by molar-refractivity contribution is 6.32. The Balaban J connectivity index is 2.23. The van der Waals surface area contributed by atoms with Gasteiger partial charge < -0.3 is 10.2 Å². The molecule has 0 bridgehead atoms. The van der Waals surface area contributed by atoms with Crippen molar-refractivity contribution in [3.63, 3.8) is 0 Å². The topological polar surface area (TPSA) is 67.2 Å². The molecular weight excluding hydrogens is 328 g/mol. The average molecular weight is 347 g/mol. The van der Waals surface area contributed by atoms with Crippen LogP contribution in [0.5, 0.6) is 0 Å². The second kappa shape index (κ2) is 7.31. The van der Waals surface area contributed by atoms with Gasteiger partial charge in [-0.05, 0) is 24.6 Å². The Bertz CT molecular complexity index is 809. The van der Waals surface area contributed by atoms with Gasteiger partial charge in [0, 0.05) is 32.2 Å². The van der Waals surface area contributed by atoms with E-state index in [0.29, 0.717) is 16.4 Å². The van der Waals surface area contributed by atoms with Crippen LogP contribution in [0, 0.1) is 6.92 Å². The van der Waals surface area contributed by atoms with Crippen molar-refractivity contribution in [3.05, 3.63) is 52.3 Å². The van der Waals surface area contributed by atoms with Gasteiger partial charge in [0.25, 0.3) is 5.91 Å². The fourth-order valence-corrected chi connectivity index (χ4v) is 2.26. The number of carbonyl (C=O) groups is 2. The Labute approximate surface area is 145 Å². The molecule has 2 aromatic rings. The first-order chi connectivity index (χ1) is 11.3. The quantitative estimate of drug-likeness (QED) is 0.865. The molecule has 0 aliphatic heterocycles. The summed E-state index contributed by atoms with van der Waals surface area (Å²) in [6.07, 6.45) is 2.99. The Morgan fingerprint density at radius 1 is 1.29 bits per heavy atom. The highest BCUT2D eigenvalue weighted by Crippen LogP contribution is 2.21. The van der Waals surface area contributed by atoms with Crippen LogP contribution in [-0.4, -0.2) is 40.6 Å². The SMILES string of the molecule is Cc1c(NC(=O)/C=C/c2ccccc2Cl)c(C(=O)N(C)C)nn1C. The molecule has 0 fully saturated rings. The van der Waals surface area contributed by atoms with Crippen LogP contribution in [0.3, 0.4) is 0 Å². The minimum absolute atomic E-state index is 0.208. The summed E-state index contributed by atoms with van der Waals surface area (Å²) in [5.41, 5.74) is 2.05. The van der Waals surface area contributed by atoms with Crippen molar-refractivity contribution < 1.29 is 9.59 Å². The number of aromatic nitrogens is 2. The predicted octanol–water partition coefficient (Wildman–Crippen LogP) is 2.74. The van der Waals surface area contributed by atoms with E-state index in [2.05, 4.69) is 10.4 Å². The first kappa shape index (κ1) is 17.7. The first-order valence-electron chi connectivity index (χ1n) is 7.30. The number of hydrogen-bond donors (Lipinski definition) is 1. The number of hydrogen-bond acceptors (Lipinski definition) is 3. The summed E-state index contributed by atoms with van der Waals surface area (Å²) in [5.74, 6) is -0.636. The van der Waals surface area contributed by atoms with Crippen LogP contribution in [0.2, 0.25) is 5.02 Å². The smallest absolute Gasteiger partial charge is 0.276 e. The second-order valence-corrected chi connectivity index (χ2v) is 5.88. The molecule has 0 saturated heterocycles. The summed E-state index contributed by atoms with van der Waals surface area (Å²) in [5, 5.41) is 7.47. The van der Waals surface area contributed by atoms with E-state index in [-0.39, 0.29) is 17.5 Å². The van der Waals surface area contributed by atoms with Crippen molar-refractivity contribution in [2.75, 3.05) is 19.4 Å². The van der Waals surface area contributed by atoms with E-state index in [9.17, 15) is 9.59 Å². The highest BCUT2D eigenvalue weighted by atomic mass is 35.5. The van der Waals surface area contributed by atoms with Crippen LogP contribution in [0.4, 0.5) is 5.69 Å². The number of carbonyl (C=O) groups excluding carboxylic acids is 2. The van der Waals surface area contributed by atoms with Gasteiger partial charge in [-0.15, -0.1) is 0 Å². The average Bonchev–Trinajstić information content (AvgIpc) is 2.81. The fraction of sp³-hybridized carbons (Fsp3) is 0.235. The molecule has 0 aliphatic rings. The van der Waals surface area contributed by atoms with Gasteiger partial charge in [0.1, 0.15) is 0 Å². The number of rotatable bonds is 4. The van der Waals surface area contributed by atoms with Crippen LogP contribution in [-0.2, 0) is 11.8 Å². The van der Waals surface area contributed by atoms with Gasteiger partial charge >= 0.3 is 0 Å². The molecule has 1 aromatic carbocycles. The normalized spacial score (nSPS) is 10.9. The summed E-state index contributed by atoms with van der Waals surface area (Å²) < 4.78 is 1.56. The van der Waals surface area contributed by atoms with Gasteiger partial charge in [0.05, 0.1) is 11.4 Å². The molecule has 7 heteroatoms. The van der Waals surface area contributed by atoms with Gasteiger partial charge in [0.2, 0.25) is 5.91 Å². The van der Waals surface area contributed by atoms with Crippen molar-refractivity contribution in [1.82, 2.24) is 14.7 Å². The zero-order valence-electron chi connectivity index (χ0n) is 14.0. The Morgan fingerprint density at radius 2 is 1.96 bits per heavy atom. The Morgan fingerprint density at radius 3 is 2.58 bits per heavy atom. The number of nitrogens with one attached hydrogen (secondary N) is 1.